The largest absolute Gasteiger partial charge is 0.493 e. The molecule has 1 aliphatic rings. The first kappa shape index (κ1) is 11.3. The molecule has 1 saturated heterocycles. The van der Waals surface area contributed by atoms with Gasteiger partial charge in [0.1, 0.15) is 0 Å². The normalized spacial score (nSPS) is 19.8. The van der Waals surface area contributed by atoms with Crippen molar-refractivity contribution in [3.05, 3.63) is 23.8 Å². The van der Waals surface area contributed by atoms with Crippen molar-refractivity contribution in [1.29, 1.82) is 0 Å². The molecule has 0 amide bonds. The van der Waals surface area contributed by atoms with E-state index in [1.54, 1.807) is 7.11 Å². The number of hydrogen-bond donors (Lipinski definition) is 1. The number of nitrogens with one attached hydrogen (secondary N) is 1. The van der Waals surface area contributed by atoms with Crippen LogP contribution in [0.1, 0.15) is 31.4 Å². The quantitative estimate of drug-likeness (QED) is 0.847. The molecule has 2 rings (SSSR count). The topological polar surface area (TPSA) is 30.5 Å². The molecule has 88 valence electrons. The van der Waals surface area contributed by atoms with Crippen LogP contribution in [-0.4, -0.2) is 20.3 Å². The van der Waals surface area contributed by atoms with Crippen LogP contribution in [0.3, 0.4) is 0 Å². The average Bonchev–Trinajstić information content (AvgIpc) is 2.83. The summed E-state index contributed by atoms with van der Waals surface area (Å²) >= 11 is 0. The molecule has 1 aromatic rings. The molecule has 0 spiro atoms. The SMILES string of the molecule is CCOc1ccc([C@@H]2CCCN2)cc1OC. The highest BCUT2D eigenvalue weighted by atomic mass is 16.5. The van der Waals surface area contributed by atoms with E-state index in [4.69, 9.17) is 9.47 Å². The lowest BCUT2D eigenvalue weighted by atomic mass is 10.0. The zero-order valence-corrected chi connectivity index (χ0v) is 9.95. The second-order valence-electron chi connectivity index (χ2n) is 3.99. The van der Waals surface area contributed by atoms with Gasteiger partial charge in [-0.2, -0.15) is 0 Å². The number of rotatable bonds is 4. The molecule has 0 bridgehead atoms. The number of hydrogen-bond acceptors (Lipinski definition) is 3. The van der Waals surface area contributed by atoms with Gasteiger partial charge < -0.3 is 14.8 Å². The average molecular weight is 221 g/mol. The van der Waals surface area contributed by atoms with E-state index >= 15 is 0 Å². The minimum Gasteiger partial charge on any atom is -0.493 e. The van der Waals surface area contributed by atoms with Crippen LogP contribution in [0.25, 0.3) is 0 Å². The lowest BCUT2D eigenvalue weighted by Gasteiger charge is -2.14. The fraction of sp³-hybridized carbons (Fsp3) is 0.538. The molecule has 0 unspecified atom stereocenters. The Balaban J connectivity index is 2.21. The van der Waals surface area contributed by atoms with E-state index in [1.165, 1.54) is 18.4 Å². The van der Waals surface area contributed by atoms with E-state index in [-0.39, 0.29) is 0 Å². The predicted octanol–water partition coefficient (Wildman–Crippen LogP) is 2.52. The number of benzene rings is 1. The van der Waals surface area contributed by atoms with Crippen molar-refractivity contribution < 1.29 is 9.47 Å². The first-order valence-electron chi connectivity index (χ1n) is 5.89. The van der Waals surface area contributed by atoms with Crippen LogP contribution in [0, 0.1) is 0 Å². The fourth-order valence-corrected chi connectivity index (χ4v) is 2.14. The summed E-state index contributed by atoms with van der Waals surface area (Å²) in [5.41, 5.74) is 1.29. The lowest BCUT2D eigenvalue weighted by Crippen LogP contribution is -2.12. The summed E-state index contributed by atoms with van der Waals surface area (Å²) in [4.78, 5) is 0. The standard InChI is InChI=1S/C13H19NO2/c1-3-16-12-7-6-10(9-13(12)15-2)11-5-4-8-14-11/h6-7,9,11,14H,3-5,8H2,1-2H3/t11-/m0/s1. The molecule has 16 heavy (non-hydrogen) atoms. The molecule has 3 nitrogen and oxygen atoms in total. The lowest BCUT2D eigenvalue weighted by molar-refractivity contribution is 0.310. The van der Waals surface area contributed by atoms with Gasteiger partial charge in [-0.1, -0.05) is 6.07 Å². The van der Waals surface area contributed by atoms with Crippen molar-refractivity contribution >= 4 is 0 Å². The van der Waals surface area contributed by atoms with Gasteiger partial charge in [0.2, 0.25) is 0 Å². The Kier molecular flexibility index (Phi) is 3.67. The second kappa shape index (κ2) is 5.21. The van der Waals surface area contributed by atoms with E-state index in [0.717, 1.165) is 18.0 Å². The van der Waals surface area contributed by atoms with Gasteiger partial charge in [-0.3, -0.25) is 0 Å². The molecule has 1 aliphatic heterocycles. The van der Waals surface area contributed by atoms with Gasteiger partial charge in [-0.05, 0) is 44.0 Å². The van der Waals surface area contributed by atoms with Gasteiger partial charge in [-0.25, -0.2) is 0 Å². The van der Waals surface area contributed by atoms with Crippen LogP contribution in [0.2, 0.25) is 0 Å². The van der Waals surface area contributed by atoms with Crippen LogP contribution < -0.4 is 14.8 Å². The van der Waals surface area contributed by atoms with Crippen molar-refractivity contribution in [2.24, 2.45) is 0 Å². The molecule has 3 heteroatoms. The maximum atomic E-state index is 5.50. The van der Waals surface area contributed by atoms with Crippen molar-refractivity contribution in [3.63, 3.8) is 0 Å². The molecule has 1 fully saturated rings. The molecule has 1 atom stereocenters. The second-order valence-corrected chi connectivity index (χ2v) is 3.99. The van der Waals surface area contributed by atoms with Gasteiger partial charge in [0, 0.05) is 6.04 Å². The van der Waals surface area contributed by atoms with Crippen LogP contribution in [0.15, 0.2) is 18.2 Å². The smallest absolute Gasteiger partial charge is 0.161 e. The maximum absolute atomic E-state index is 5.50. The molecule has 0 saturated carbocycles. The molecular formula is C13H19NO2. The molecule has 0 aliphatic carbocycles. The summed E-state index contributed by atoms with van der Waals surface area (Å²) in [5.74, 6) is 1.65. The Bertz CT molecular complexity index is 346. The highest BCUT2D eigenvalue weighted by Gasteiger charge is 2.17. The zero-order valence-electron chi connectivity index (χ0n) is 9.95. The highest BCUT2D eigenvalue weighted by Crippen LogP contribution is 2.32. The van der Waals surface area contributed by atoms with Crippen molar-refractivity contribution in [1.82, 2.24) is 5.32 Å². The zero-order chi connectivity index (χ0) is 11.4. The first-order valence-corrected chi connectivity index (χ1v) is 5.89. The van der Waals surface area contributed by atoms with E-state index in [1.807, 2.05) is 13.0 Å². The van der Waals surface area contributed by atoms with Gasteiger partial charge in [-0.15, -0.1) is 0 Å². The van der Waals surface area contributed by atoms with E-state index in [0.29, 0.717) is 12.6 Å². The third kappa shape index (κ3) is 2.30. The van der Waals surface area contributed by atoms with Gasteiger partial charge in [0.05, 0.1) is 13.7 Å². The Morgan fingerprint density at radius 3 is 2.88 bits per heavy atom. The third-order valence-electron chi connectivity index (χ3n) is 2.95. The molecule has 1 heterocycles. The van der Waals surface area contributed by atoms with Crippen LogP contribution in [0.4, 0.5) is 0 Å². The third-order valence-corrected chi connectivity index (χ3v) is 2.95. The maximum Gasteiger partial charge on any atom is 0.161 e. The highest BCUT2D eigenvalue weighted by molar-refractivity contribution is 5.44. The van der Waals surface area contributed by atoms with Gasteiger partial charge in [0.15, 0.2) is 11.5 Å². The van der Waals surface area contributed by atoms with E-state index < -0.39 is 0 Å². The Hall–Kier alpha value is -1.22. The summed E-state index contributed by atoms with van der Waals surface area (Å²) in [5, 5.41) is 3.48. The van der Waals surface area contributed by atoms with Crippen molar-refractivity contribution in [2.45, 2.75) is 25.8 Å². The van der Waals surface area contributed by atoms with Crippen LogP contribution in [0.5, 0.6) is 11.5 Å². The summed E-state index contributed by atoms with van der Waals surface area (Å²) < 4.78 is 10.8. The minimum atomic E-state index is 0.476. The predicted molar refractivity (Wildman–Crippen MR) is 64.1 cm³/mol. The molecule has 1 aromatic carbocycles. The van der Waals surface area contributed by atoms with Gasteiger partial charge >= 0.3 is 0 Å². The first-order chi connectivity index (χ1) is 7.85. The summed E-state index contributed by atoms with van der Waals surface area (Å²) in [7, 11) is 1.68. The number of methoxy groups -OCH3 is 1. The molecule has 0 radical (unpaired) electrons. The van der Waals surface area contributed by atoms with E-state index in [2.05, 4.69) is 17.4 Å². The summed E-state index contributed by atoms with van der Waals surface area (Å²) in [6, 6.07) is 6.67. The fourth-order valence-electron chi connectivity index (χ4n) is 2.14. The van der Waals surface area contributed by atoms with Crippen molar-refractivity contribution in [3.8, 4) is 11.5 Å². The Morgan fingerprint density at radius 1 is 1.38 bits per heavy atom. The van der Waals surface area contributed by atoms with Gasteiger partial charge in [0.25, 0.3) is 0 Å². The van der Waals surface area contributed by atoms with Crippen LogP contribution >= 0.6 is 0 Å². The van der Waals surface area contributed by atoms with Crippen LogP contribution in [-0.2, 0) is 0 Å². The monoisotopic (exact) mass is 221 g/mol. The molecular weight excluding hydrogens is 202 g/mol. The molecule has 1 N–H and O–H groups in total. The Labute approximate surface area is 96.8 Å². The molecule has 0 aromatic heterocycles. The Morgan fingerprint density at radius 2 is 2.25 bits per heavy atom. The van der Waals surface area contributed by atoms with E-state index in [9.17, 15) is 0 Å². The van der Waals surface area contributed by atoms with Crippen molar-refractivity contribution in [2.75, 3.05) is 20.3 Å². The minimum absolute atomic E-state index is 0.476. The number of ether oxygens (including phenoxy) is 2. The summed E-state index contributed by atoms with van der Waals surface area (Å²) in [6.07, 6.45) is 2.46. The summed E-state index contributed by atoms with van der Waals surface area (Å²) in [6.45, 7) is 3.75.